The molecule has 2 fully saturated rings. The summed E-state index contributed by atoms with van der Waals surface area (Å²) in [6.07, 6.45) is 6.05. The summed E-state index contributed by atoms with van der Waals surface area (Å²) in [7, 11) is -0.115. The number of hydrogen-bond donors (Lipinski definition) is 0. The van der Waals surface area contributed by atoms with Crippen LogP contribution in [0.5, 0.6) is 0 Å². The molecule has 1 unspecified atom stereocenters. The Morgan fingerprint density at radius 2 is 1.74 bits per heavy atom. The summed E-state index contributed by atoms with van der Waals surface area (Å²) in [6.45, 7) is 15.7. The smallest absolute Gasteiger partial charge is 0.457 e. The molecule has 196 valence electrons. The van der Waals surface area contributed by atoms with E-state index < -0.39 is 5.60 Å². The van der Waals surface area contributed by atoms with Crippen LogP contribution in [0.1, 0.15) is 86.1 Å². The number of rotatable bonds is 8. The first kappa shape index (κ1) is 29.2. The van der Waals surface area contributed by atoms with E-state index in [1.54, 1.807) is 0 Å². The van der Waals surface area contributed by atoms with Crippen LogP contribution in [0.4, 0.5) is 4.79 Å². The van der Waals surface area contributed by atoms with Crippen LogP contribution in [0.2, 0.25) is 6.32 Å². The Morgan fingerprint density at radius 1 is 1.11 bits per heavy atom. The number of nitrogens with zero attached hydrogens (tertiary/aromatic N) is 1. The highest BCUT2D eigenvalue weighted by molar-refractivity contribution is 6.45. The molecule has 0 aromatic heterocycles. The van der Waals surface area contributed by atoms with Gasteiger partial charge < -0.3 is 23.7 Å². The lowest BCUT2D eigenvalue weighted by atomic mass is 9.82. The van der Waals surface area contributed by atoms with Crippen molar-refractivity contribution in [3.05, 3.63) is 35.9 Å². The summed E-state index contributed by atoms with van der Waals surface area (Å²) in [6, 6.07) is 9.86. The van der Waals surface area contributed by atoms with Crippen LogP contribution in [0.15, 0.2) is 30.3 Å². The Balaban J connectivity index is 0.000000360. The maximum Gasteiger partial charge on any atom is 0.457 e. The van der Waals surface area contributed by atoms with Gasteiger partial charge in [0.05, 0.1) is 11.2 Å². The van der Waals surface area contributed by atoms with Crippen LogP contribution >= 0.6 is 0 Å². The number of hydrogen-bond acceptors (Lipinski definition) is 6. The zero-order valence-electron chi connectivity index (χ0n) is 22.7. The first-order chi connectivity index (χ1) is 16.3. The van der Waals surface area contributed by atoms with Gasteiger partial charge in [0.15, 0.2) is 0 Å². The van der Waals surface area contributed by atoms with E-state index in [9.17, 15) is 9.59 Å². The highest BCUT2D eigenvalue weighted by Crippen LogP contribution is 2.38. The van der Waals surface area contributed by atoms with Crippen LogP contribution in [-0.4, -0.2) is 54.0 Å². The third-order valence-electron chi connectivity index (χ3n) is 6.70. The molecule has 35 heavy (non-hydrogen) atoms. The number of carbonyl (C=O) groups excluding carboxylic acids is 2. The maximum absolute atomic E-state index is 12.3. The van der Waals surface area contributed by atoms with Crippen LogP contribution in [0.25, 0.3) is 0 Å². The SMILES string of the molecule is CC(C)(C)OC(=O)N1CCCC1CCCCB1OC(C)(C)C(C)(C)O1.O=COCc1ccccc1. The summed E-state index contributed by atoms with van der Waals surface area (Å²) in [5.41, 5.74) is 0.0726. The van der Waals surface area contributed by atoms with Gasteiger partial charge in [0.25, 0.3) is 6.47 Å². The normalized spacial score (nSPS) is 20.7. The van der Waals surface area contributed by atoms with Gasteiger partial charge in [-0.25, -0.2) is 4.79 Å². The summed E-state index contributed by atoms with van der Waals surface area (Å²) in [5.74, 6) is 0. The first-order valence-corrected chi connectivity index (χ1v) is 12.8. The molecule has 0 radical (unpaired) electrons. The second-order valence-electron chi connectivity index (χ2n) is 11.3. The van der Waals surface area contributed by atoms with Crippen molar-refractivity contribution in [1.29, 1.82) is 0 Å². The van der Waals surface area contributed by atoms with Gasteiger partial charge in [-0.3, -0.25) is 4.79 Å². The molecule has 1 atom stereocenters. The minimum Gasteiger partial charge on any atom is -0.463 e. The van der Waals surface area contributed by atoms with Gasteiger partial charge in [-0.05, 0) is 79.6 Å². The highest BCUT2D eigenvalue weighted by atomic mass is 16.7. The van der Waals surface area contributed by atoms with E-state index in [1.165, 1.54) is 0 Å². The average Bonchev–Trinajstić information content (AvgIpc) is 3.31. The van der Waals surface area contributed by atoms with Crippen molar-refractivity contribution in [2.75, 3.05) is 6.54 Å². The fourth-order valence-corrected chi connectivity index (χ4v) is 4.18. The van der Waals surface area contributed by atoms with Gasteiger partial charge in [0.2, 0.25) is 0 Å². The van der Waals surface area contributed by atoms with Gasteiger partial charge in [0.1, 0.15) is 12.2 Å². The van der Waals surface area contributed by atoms with E-state index >= 15 is 0 Å². The fraction of sp³-hybridized carbons (Fsp3) is 0.704. The zero-order chi connectivity index (χ0) is 26.1. The van der Waals surface area contributed by atoms with Crippen LogP contribution in [-0.2, 0) is 30.2 Å². The van der Waals surface area contributed by atoms with Crippen molar-refractivity contribution in [3.63, 3.8) is 0 Å². The first-order valence-electron chi connectivity index (χ1n) is 12.8. The molecule has 2 saturated heterocycles. The topological polar surface area (TPSA) is 74.3 Å². The summed E-state index contributed by atoms with van der Waals surface area (Å²) in [5, 5.41) is 0. The lowest BCUT2D eigenvalue weighted by Gasteiger charge is -2.32. The molecule has 1 aromatic rings. The van der Waals surface area contributed by atoms with Crippen molar-refractivity contribution in [2.24, 2.45) is 0 Å². The number of unbranched alkanes of at least 4 members (excludes halogenated alkanes) is 1. The number of benzene rings is 1. The molecule has 0 N–H and O–H groups in total. The molecule has 2 heterocycles. The third kappa shape index (κ3) is 9.49. The summed E-state index contributed by atoms with van der Waals surface area (Å²) in [4.78, 5) is 24.0. The highest BCUT2D eigenvalue weighted by Gasteiger charge is 2.50. The quantitative estimate of drug-likeness (QED) is 0.253. The zero-order valence-corrected chi connectivity index (χ0v) is 22.7. The largest absolute Gasteiger partial charge is 0.463 e. The molecule has 0 saturated carbocycles. The van der Waals surface area contributed by atoms with Gasteiger partial charge in [0, 0.05) is 12.6 Å². The Morgan fingerprint density at radius 3 is 2.31 bits per heavy atom. The minimum atomic E-state index is -0.430. The molecular weight excluding hydrogens is 445 g/mol. The predicted octanol–water partition coefficient (Wildman–Crippen LogP) is 6.01. The second kappa shape index (κ2) is 12.8. The number of likely N-dealkylation sites (tertiary alicyclic amines) is 1. The minimum absolute atomic E-state index is 0.115. The van der Waals surface area contributed by atoms with Crippen molar-refractivity contribution in [3.8, 4) is 0 Å². The number of ether oxygens (including phenoxy) is 2. The Hall–Kier alpha value is -2.06. The van der Waals surface area contributed by atoms with Gasteiger partial charge in [-0.1, -0.05) is 43.2 Å². The second-order valence-corrected chi connectivity index (χ2v) is 11.3. The van der Waals surface area contributed by atoms with Crippen LogP contribution in [0.3, 0.4) is 0 Å². The summed E-state index contributed by atoms with van der Waals surface area (Å²) >= 11 is 0. The lowest BCUT2D eigenvalue weighted by Crippen LogP contribution is -2.41. The van der Waals surface area contributed by atoms with Crippen molar-refractivity contribution in [2.45, 2.75) is 116 Å². The Bertz CT molecular complexity index is 777. The van der Waals surface area contributed by atoms with E-state index in [0.29, 0.717) is 19.1 Å². The molecule has 1 amide bonds. The van der Waals surface area contributed by atoms with Crippen molar-refractivity contribution in [1.82, 2.24) is 4.90 Å². The molecule has 3 rings (SSSR count). The molecule has 2 aliphatic heterocycles. The molecule has 7 nitrogen and oxygen atoms in total. The standard InChI is InChI=1S/C19H36BNO4.C8H8O2/c1-17(2,3)23-16(22)21-14-10-12-15(21)11-8-9-13-20-24-18(4,5)19(6,7)25-20;9-7-10-6-8-4-2-1-3-5-8/h15H,8-14H2,1-7H3;1-5,7H,6H2. The molecule has 2 aliphatic rings. The maximum atomic E-state index is 12.3. The third-order valence-corrected chi connectivity index (χ3v) is 6.70. The predicted molar refractivity (Wildman–Crippen MR) is 138 cm³/mol. The van der Waals surface area contributed by atoms with E-state index in [0.717, 1.165) is 50.5 Å². The van der Waals surface area contributed by atoms with Crippen molar-refractivity contribution >= 4 is 19.7 Å². The average molecular weight is 489 g/mol. The van der Waals surface area contributed by atoms with Crippen LogP contribution in [0, 0.1) is 0 Å². The van der Waals surface area contributed by atoms with E-state index in [2.05, 4.69) is 32.4 Å². The molecule has 8 heteroatoms. The van der Waals surface area contributed by atoms with Gasteiger partial charge in [-0.15, -0.1) is 0 Å². The molecule has 1 aromatic carbocycles. The van der Waals surface area contributed by atoms with E-state index in [-0.39, 0.29) is 24.4 Å². The molecular formula is C27H44BNO6. The van der Waals surface area contributed by atoms with E-state index in [1.807, 2.05) is 56.0 Å². The molecule has 0 aliphatic carbocycles. The number of carbonyl (C=O) groups is 2. The summed E-state index contributed by atoms with van der Waals surface area (Å²) < 4.78 is 22.2. The van der Waals surface area contributed by atoms with Crippen LogP contribution < -0.4 is 0 Å². The van der Waals surface area contributed by atoms with E-state index in [4.69, 9.17) is 14.0 Å². The monoisotopic (exact) mass is 489 g/mol. The van der Waals surface area contributed by atoms with Crippen molar-refractivity contribution < 1.29 is 28.4 Å². The molecule has 0 spiro atoms. The Labute approximate surface area is 212 Å². The number of amides is 1. The van der Waals surface area contributed by atoms with Gasteiger partial charge >= 0.3 is 13.2 Å². The fourth-order valence-electron chi connectivity index (χ4n) is 4.18. The lowest BCUT2D eigenvalue weighted by molar-refractivity contribution is -0.129. The Kier molecular flexibility index (Phi) is 10.6. The van der Waals surface area contributed by atoms with Gasteiger partial charge in [-0.2, -0.15) is 0 Å². The molecule has 0 bridgehead atoms.